The summed E-state index contributed by atoms with van der Waals surface area (Å²) in [6, 6.07) is 0.0950. The average Bonchev–Trinajstić information content (AvgIpc) is 2.37. The first-order valence-corrected chi connectivity index (χ1v) is 8.65. The minimum Gasteiger partial charge on any atom is -0.481 e. The number of carboxylic acids is 1. The molecule has 0 atom stereocenters. The van der Waals surface area contributed by atoms with Crippen LogP contribution in [-0.4, -0.2) is 42.6 Å². The Morgan fingerprint density at radius 3 is 2.32 bits per heavy atom. The summed E-state index contributed by atoms with van der Waals surface area (Å²) in [7, 11) is -1.68. The smallest absolute Gasteiger partial charge is 0.303 e. The standard InChI is InChI=1S/C13H25NO4S/c1-3-11-6-8-12(9-7-11)14(2)19(17,18)10-4-5-13(15)16/h11-12H,3-10H2,1-2H3,(H,15,16). The second kappa shape index (κ2) is 7.24. The topological polar surface area (TPSA) is 74.7 Å². The maximum absolute atomic E-state index is 12.1. The molecular formula is C13H25NO4S. The van der Waals surface area contributed by atoms with Crippen molar-refractivity contribution >= 4 is 16.0 Å². The molecule has 0 unspecified atom stereocenters. The molecule has 0 aromatic carbocycles. The molecule has 0 aromatic heterocycles. The third-order valence-electron chi connectivity index (χ3n) is 4.14. The van der Waals surface area contributed by atoms with Crippen LogP contribution in [0.1, 0.15) is 51.9 Å². The predicted molar refractivity (Wildman–Crippen MR) is 74.5 cm³/mol. The molecule has 1 N–H and O–H groups in total. The van der Waals surface area contributed by atoms with E-state index in [1.165, 1.54) is 10.7 Å². The highest BCUT2D eigenvalue weighted by Crippen LogP contribution is 2.30. The van der Waals surface area contributed by atoms with E-state index in [-0.39, 0.29) is 24.6 Å². The van der Waals surface area contributed by atoms with E-state index >= 15 is 0 Å². The zero-order valence-corrected chi connectivity index (χ0v) is 12.7. The third-order valence-corrected chi connectivity index (χ3v) is 6.12. The summed E-state index contributed by atoms with van der Waals surface area (Å²) in [4.78, 5) is 10.4. The van der Waals surface area contributed by atoms with Crippen molar-refractivity contribution in [1.29, 1.82) is 0 Å². The summed E-state index contributed by atoms with van der Waals surface area (Å²) >= 11 is 0. The van der Waals surface area contributed by atoms with E-state index in [2.05, 4.69) is 6.92 Å². The van der Waals surface area contributed by atoms with Crippen LogP contribution in [0.3, 0.4) is 0 Å². The van der Waals surface area contributed by atoms with Gasteiger partial charge in [-0.25, -0.2) is 12.7 Å². The molecule has 0 saturated heterocycles. The fourth-order valence-electron chi connectivity index (χ4n) is 2.69. The summed E-state index contributed by atoms with van der Waals surface area (Å²) in [6.07, 6.45) is 5.30. The first-order valence-electron chi connectivity index (χ1n) is 7.04. The molecule has 0 aliphatic heterocycles. The zero-order valence-electron chi connectivity index (χ0n) is 11.8. The third kappa shape index (κ3) is 5.10. The number of hydrogen-bond acceptors (Lipinski definition) is 3. The molecule has 5 nitrogen and oxygen atoms in total. The van der Waals surface area contributed by atoms with Crippen LogP contribution in [0.25, 0.3) is 0 Å². The van der Waals surface area contributed by atoms with Crippen molar-refractivity contribution in [3.63, 3.8) is 0 Å². The van der Waals surface area contributed by atoms with Gasteiger partial charge in [-0.1, -0.05) is 13.3 Å². The molecule has 0 amide bonds. The van der Waals surface area contributed by atoms with Crippen LogP contribution < -0.4 is 0 Å². The van der Waals surface area contributed by atoms with E-state index in [1.54, 1.807) is 7.05 Å². The second-order valence-corrected chi connectivity index (χ2v) is 7.56. The first kappa shape index (κ1) is 16.4. The van der Waals surface area contributed by atoms with Crippen molar-refractivity contribution in [2.24, 2.45) is 5.92 Å². The lowest BCUT2D eigenvalue weighted by atomic mass is 9.85. The Hall–Kier alpha value is -0.620. The van der Waals surface area contributed by atoms with Gasteiger partial charge in [-0.2, -0.15) is 0 Å². The Kier molecular flexibility index (Phi) is 6.26. The van der Waals surface area contributed by atoms with Crippen LogP contribution in [-0.2, 0) is 14.8 Å². The molecule has 112 valence electrons. The summed E-state index contributed by atoms with van der Waals surface area (Å²) in [5.41, 5.74) is 0. The van der Waals surface area contributed by atoms with E-state index in [1.807, 2.05) is 0 Å². The quantitative estimate of drug-likeness (QED) is 0.779. The van der Waals surface area contributed by atoms with Crippen LogP contribution >= 0.6 is 0 Å². The largest absolute Gasteiger partial charge is 0.481 e. The number of nitrogens with zero attached hydrogens (tertiary/aromatic N) is 1. The minimum absolute atomic E-state index is 0.0660. The van der Waals surface area contributed by atoms with Crippen LogP contribution in [0.15, 0.2) is 0 Å². The number of carboxylic acid groups (broad SMARTS) is 1. The molecule has 6 heteroatoms. The van der Waals surface area contributed by atoms with Gasteiger partial charge in [0.15, 0.2) is 0 Å². The lowest BCUT2D eigenvalue weighted by Crippen LogP contribution is -2.40. The van der Waals surface area contributed by atoms with Gasteiger partial charge in [-0.3, -0.25) is 4.79 Å². The van der Waals surface area contributed by atoms with Crippen molar-refractivity contribution in [3.05, 3.63) is 0 Å². The Balaban J connectivity index is 2.47. The molecule has 0 aromatic rings. The summed E-state index contributed by atoms with van der Waals surface area (Å²) < 4.78 is 25.7. The second-order valence-electron chi connectivity index (χ2n) is 5.41. The van der Waals surface area contributed by atoms with Crippen molar-refractivity contribution < 1.29 is 18.3 Å². The molecule has 1 rings (SSSR count). The Labute approximate surface area is 116 Å². The molecule has 0 radical (unpaired) electrons. The molecule has 0 bridgehead atoms. The van der Waals surface area contributed by atoms with E-state index in [9.17, 15) is 13.2 Å². The molecular weight excluding hydrogens is 266 g/mol. The maximum atomic E-state index is 12.1. The monoisotopic (exact) mass is 291 g/mol. The minimum atomic E-state index is -3.31. The Morgan fingerprint density at radius 2 is 1.84 bits per heavy atom. The molecule has 1 fully saturated rings. The van der Waals surface area contributed by atoms with Crippen LogP contribution in [0.2, 0.25) is 0 Å². The molecule has 0 heterocycles. The van der Waals surface area contributed by atoms with Gasteiger partial charge in [-0.05, 0) is 38.0 Å². The van der Waals surface area contributed by atoms with Gasteiger partial charge < -0.3 is 5.11 Å². The van der Waals surface area contributed by atoms with Crippen LogP contribution in [0, 0.1) is 5.92 Å². The van der Waals surface area contributed by atoms with Crippen molar-refractivity contribution in [1.82, 2.24) is 4.31 Å². The van der Waals surface area contributed by atoms with Crippen molar-refractivity contribution in [3.8, 4) is 0 Å². The maximum Gasteiger partial charge on any atom is 0.303 e. The molecule has 0 spiro atoms. The number of aliphatic carboxylic acids is 1. The van der Waals surface area contributed by atoms with E-state index < -0.39 is 16.0 Å². The first-order chi connectivity index (χ1) is 8.86. The van der Waals surface area contributed by atoms with Crippen molar-refractivity contribution in [2.75, 3.05) is 12.8 Å². The Bertz CT molecular complexity index is 385. The molecule has 1 saturated carbocycles. The van der Waals surface area contributed by atoms with E-state index in [0.29, 0.717) is 0 Å². The number of rotatable bonds is 7. The number of sulfonamides is 1. The van der Waals surface area contributed by atoms with Crippen LogP contribution in [0.5, 0.6) is 0 Å². The van der Waals surface area contributed by atoms with Gasteiger partial charge in [0.1, 0.15) is 0 Å². The molecule has 1 aliphatic rings. The van der Waals surface area contributed by atoms with E-state index in [4.69, 9.17) is 5.11 Å². The summed E-state index contributed by atoms with van der Waals surface area (Å²) in [5.74, 6) is -0.274. The normalized spacial score (nSPS) is 24.6. The summed E-state index contributed by atoms with van der Waals surface area (Å²) in [6.45, 7) is 2.18. The predicted octanol–water partition coefficient (Wildman–Crippen LogP) is 2.08. The lowest BCUT2D eigenvalue weighted by Gasteiger charge is -2.33. The van der Waals surface area contributed by atoms with Crippen molar-refractivity contribution in [2.45, 2.75) is 57.9 Å². The SMILES string of the molecule is CCC1CCC(N(C)S(=O)(=O)CCCC(=O)O)CC1. The van der Waals surface area contributed by atoms with Gasteiger partial charge in [0, 0.05) is 19.5 Å². The van der Waals surface area contributed by atoms with Gasteiger partial charge in [-0.15, -0.1) is 0 Å². The fraction of sp³-hybridized carbons (Fsp3) is 0.923. The Morgan fingerprint density at radius 1 is 1.26 bits per heavy atom. The van der Waals surface area contributed by atoms with Crippen LogP contribution in [0.4, 0.5) is 0 Å². The van der Waals surface area contributed by atoms with Gasteiger partial charge >= 0.3 is 5.97 Å². The lowest BCUT2D eigenvalue weighted by molar-refractivity contribution is -0.137. The fourth-order valence-corrected chi connectivity index (χ4v) is 4.16. The average molecular weight is 291 g/mol. The highest BCUT2D eigenvalue weighted by molar-refractivity contribution is 7.89. The number of hydrogen-bond donors (Lipinski definition) is 1. The number of carbonyl (C=O) groups is 1. The van der Waals surface area contributed by atoms with Gasteiger partial charge in [0.25, 0.3) is 0 Å². The van der Waals surface area contributed by atoms with Gasteiger partial charge in [0.2, 0.25) is 10.0 Å². The highest BCUT2D eigenvalue weighted by atomic mass is 32.2. The van der Waals surface area contributed by atoms with E-state index in [0.717, 1.165) is 31.6 Å². The molecule has 19 heavy (non-hydrogen) atoms. The molecule has 1 aliphatic carbocycles. The van der Waals surface area contributed by atoms with Gasteiger partial charge in [0.05, 0.1) is 5.75 Å². The summed E-state index contributed by atoms with van der Waals surface area (Å²) in [5, 5.41) is 8.55. The zero-order chi connectivity index (χ0) is 14.5. The highest BCUT2D eigenvalue weighted by Gasteiger charge is 2.29.